The zero-order chi connectivity index (χ0) is 19.7. The van der Waals surface area contributed by atoms with Crippen LogP contribution in [-0.4, -0.2) is 38.2 Å². The Morgan fingerprint density at radius 3 is 2.75 bits per heavy atom. The predicted octanol–water partition coefficient (Wildman–Crippen LogP) is 2.19. The fourth-order valence-corrected chi connectivity index (χ4v) is 3.30. The van der Waals surface area contributed by atoms with Crippen molar-refractivity contribution in [2.75, 3.05) is 30.7 Å². The molecule has 0 spiro atoms. The molecule has 2 aliphatic rings. The Hall–Kier alpha value is -3.55. The van der Waals surface area contributed by atoms with E-state index in [2.05, 4.69) is 5.32 Å². The molecule has 0 saturated carbocycles. The van der Waals surface area contributed by atoms with Crippen LogP contribution in [0.15, 0.2) is 42.5 Å². The lowest BCUT2D eigenvalue weighted by atomic mass is 10.1. The minimum atomic E-state index is -0.541. The second-order valence-electron chi connectivity index (χ2n) is 6.47. The highest BCUT2D eigenvalue weighted by Gasteiger charge is 2.36. The summed E-state index contributed by atoms with van der Waals surface area (Å²) in [5.41, 5.74) is 1.27. The largest absolute Gasteiger partial charge is 0.465 e. The number of rotatable bonds is 4. The van der Waals surface area contributed by atoms with Crippen LogP contribution < -0.4 is 19.7 Å². The first kappa shape index (κ1) is 17.8. The Morgan fingerprint density at radius 2 is 1.93 bits per heavy atom. The van der Waals surface area contributed by atoms with E-state index in [1.807, 2.05) is 0 Å². The molecule has 0 aliphatic carbocycles. The van der Waals surface area contributed by atoms with Crippen LogP contribution in [0.1, 0.15) is 16.8 Å². The molecule has 0 aromatic heterocycles. The molecule has 0 radical (unpaired) electrons. The van der Waals surface area contributed by atoms with Crippen LogP contribution >= 0.6 is 0 Å². The van der Waals surface area contributed by atoms with E-state index in [-0.39, 0.29) is 37.1 Å². The van der Waals surface area contributed by atoms with Crippen LogP contribution in [0.25, 0.3) is 0 Å². The normalized spacial score (nSPS) is 17.5. The van der Waals surface area contributed by atoms with Crippen molar-refractivity contribution in [3.63, 3.8) is 0 Å². The van der Waals surface area contributed by atoms with Gasteiger partial charge in [0.1, 0.15) is 0 Å². The van der Waals surface area contributed by atoms with Crippen molar-refractivity contribution in [1.29, 1.82) is 0 Å². The van der Waals surface area contributed by atoms with Gasteiger partial charge >= 0.3 is 5.97 Å². The highest BCUT2D eigenvalue weighted by atomic mass is 16.7. The maximum absolute atomic E-state index is 12.7. The van der Waals surface area contributed by atoms with E-state index in [0.717, 1.165) is 0 Å². The van der Waals surface area contributed by atoms with Crippen molar-refractivity contribution < 1.29 is 28.6 Å². The molecule has 1 atom stereocenters. The first-order valence-electron chi connectivity index (χ1n) is 8.75. The SMILES string of the molecule is COC(=O)c1ccccc1NC(=O)C1CC(=O)N(c2ccc3c(c2)OCO3)C1. The topological polar surface area (TPSA) is 94.2 Å². The van der Waals surface area contributed by atoms with Gasteiger partial charge in [-0.3, -0.25) is 9.59 Å². The summed E-state index contributed by atoms with van der Waals surface area (Å²) in [5.74, 6) is -0.355. The molecule has 28 heavy (non-hydrogen) atoms. The molecular weight excluding hydrogens is 364 g/mol. The predicted molar refractivity (Wildman–Crippen MR) is 99.4 cm³/mol. The minimum absolute atomic E-state index is 0.0840. The number of nitrogens with zero attached hydrogens (tertiary/aromatic N) is 1. The van der Waals surface area contributed by atoms with Gasteiger partial charge in [-0.05, 0) is 24.3 Å². The van der Waals surface area contributed by atoms with E-state index in [1.54, 1.807) is 47.4 Å². The van der Waals surface area contributed by atoms with E-state index in [1.165, 1.54) is 7.11 Å². The summed E-state index contributed by atoms with van der Waals surface area (Å²) in [6, 6.07) is 11.8. The Bertz CT molecular complexity index is 957. The van der Waals surface area contributed by atoms with Gasteiger partial charge in [-0.15, -0.1) is 0 Å². The van der Waals surface area contributed by atoms with Gasteiger partial charge in [-0.2, -0.15) is 0 Å². The summed E-state index contributed by atoms with van der Waals surface area (Å²) >= 11 is 0. The lowest BCUT2D eigenvalue weighted by molar-refractivity contribution is -0.122. The molecular formula is C20H18N2O6. The molecule has 1 saturated heterocycles. The number of nitrogens with one attached hydrogen (secondary N) is 1. The van der Waals surface area contributed by atoms with Gasteiger partial charge in [-0.25, -0.2) is 4.79 Å². The van der Waals surface area contributed by atoms with Crippen LogP contribution in [-0.2, 0) is 14.3 Å². The zero-order valence-electron chi connectivity index (χ0n) is 15.1. The van der Waals surface area contributed by atoms with Gasteiger partial charge in [0.25, 0.3) is 0 Å². The molecule has 1 unspecified atom stereocenters. The molecule has 0 bridgehead atoms. The third kappa shape index (κ3) is 3.24. The van der Waals surface area contributed by atoms with Crippen LogP contribution in [0, 0.1) is 5.92 Å². The number of hydrogen-bond donors (Lipinski definition) is 1. The zero-order valence-corrected chi connectivity index (χ0v) is 15.1. The van der Waals surface area contributed by atoms with Crippen LogP contribution in [0.4, 0.5) is 11.4 Å². The molecule has 2 amide bonds. The molecule has 2 aliphatic heterocycles. The summed E-state index contributed by atoms with van der Waals surface area (Å²) in [5, 5.41) is 2.74. The van der Waals surface area contributed by atoms with Crippen LogP contribution in [0.3, 0.4) is 0 Å². The minimum Gasteiger partial charge on any atom is -0.465 e. The molecule has 2 heterocycles. The maximum Gasteiger partial charge on any atom is 0.339 e. The number of benzene rings is 2. The van der Waals surface area contributed by atoms with Gasteiger partial charge < -0.3 is 24.4 Å². The summed E-state index contributed by atoms with van der Waals surface area (Å²) < 4.78 is 15.4. The number of hydrogen-bond acceptors (Lipinski definition) is 6. The van der Waals surface area contributed by atoms with Crippen molar-refractivity contribution in [3.05, 3.63) is 48.0 Å². The quantitative estimate of drug-likeness (QED) is 0.815. The Morgan fingerprint density at radius 1 is 1.14 bits per heavy atom. The van der Waals surface area contributed by atoms with Crippen LogP contribution in [0.5, 0.6) is 11.5 Å². The van der Waals surface area contributed by atoms with E-state index in [0.29, 0.717) is 22.9 Å². The molecule has 8 heteroatoms. The Labute approximate surface area is 161 Å². The van der Waals surface area contributed by atoms with E-state index in [4.69, 9.17) is 14.2 Å². The van der Waals surface area contributed by atoms with Crippen molar-refractivity contribution in [3.8, 4) is 11.5 Å². The van der Waals surface area contributed by atoms with Crippen LogP contribution in [0.2, 0.25) is 0 Å². The molecule has 1 N–H and O–H groups in total. The fraction of sp³-hybridized carbons (Fsp3) is 0.250. The summed E-state index contributed by atoms with van der Waals surface area (Å²) in [7, 11) is 1.28. The lowest BCUT2D eigenvalue weighted by Crippen LogP contribution is -2.28. The van der Waals surface area contributed by atoms with E-state index >= 15 is 0 Å². The third-order valence-electron chi connectivity index (χ3n) is 4.75. The number of ether oxygens (including phenoxy) is 3. The van der Waals surface area contributed by atoms with Crippen molar-refractivity contribution in [1.82, 2.24) is 0 Å². The molecule has 2 aromatic carbocycles. The summed E-state index contributed by atoms with van der Waals surface area (Å²) in [6.07, 6.45) is 0.0840. The molecule has 2 aromatic rings. The molecule has 8 nitrogen and oxygen atoms in total. The highest BCUT2D eigenvalue weighted by Crippen LogP contribution is 2.37. The average molecular weight is 382 g/mol. The lowest BCUT2D eigenvalue weighted by Gasteiger charge is -2.17. The van der Waals surface area contributed by atoms with Gasteiger partial charge in [0.2, 0.25) is 18.6 Å². The molecule has 4 rings (SSSR count). The van der Waals surface area contributed by atoms with E-state index < -0.39 is 11.9 Å². The average Bonchev–Trinajstić information content (AvgIpc) is 3.33. The van der Waals surface area contributed by atoms with Gasteiger partial charge in [0, 0.05) is 24.7 Å². The summed E-state index contributed by atoms with van der Waals surface area (Å²) in [4.78, 5) is 38.6. The number of esters is 1. The van der Waals surface area contributed by atoms with Crippen molar-refractivity contribution in [2.24, 2.45) is 5.92 Å². The van der Waals surface area contributed by atoms with E-state index in [9.17, 15) is 14.4 Å². The Balaban J connectivity index is 1.49. The smallest absolute Gasteiger partial charge is 0.339 e. The van der Waals surface area contributed by atoms with Crippen molar-refractivity contribution >= 4 is 29.2 Å². The summed E-state index contributed by atoms with van der Waals surface area (Å²) in [6.45, 7) is 0.391. The second kappa shape index (κ2) is 7.22. The number of methoxy groups -OCH3 is 1. The fourth-order valence-electron chi connectivity index (χ4n) is 3.30. The van der Waals surface area contributed by atoms with Gasteiger partial charge in [0.15, 0.2) is 11.5 Å². The van der Waals surface area contributed by atoms with Gasteiger partial charge in [-0.1, -0.05) is 12.1 Å². The molecule has 1 fully saturated rings. The monoisotopic (exact) mass is 382 g/mol. The highest BCUT2D eigenvalue weighted by molar-refractivity contribution is 6.06. The first-order valence-corrected chi connectivity index (χ1v) is 8.75. The number of amides is 2. The standard InChI is InChI=1S/C20H18N2O6/c1-26-20(25)14-4-2-3-5-15(14)21-19(24)12-8-18(23)22(10-12)13-6-7-16-17(9-13)28-11-27-16/h2-7,9,12H,8,10-11H2,1H3,(H,21,24). The number of para-hydroxylation sites is 1. The number of carbonyl (C=O) groups is 3. The number of anilines is 2. The third-order valence-corrected chi connectivity index (χ3v) is 4.75. The Kier molecular flexibility index (Phi) is 4.60. The number of carbonyl (C=O) groups excluding carboxylic acids is 3. The number of fused-ring (bicyclic) bond motifs is 1. The maximum atomic E-state index is 12.7. The second-order valence-corrected chi connectivity index (χ2v) is 6.47. The first-order chi connectivity index (χ1) is 13.6. The molecule has 144 valence electrons. The van der Waals surface area contributed by atoms with Crippen molar-refractivity contribution in [2.45, 2.75) is 6.42 Å². The van der Waals surface area contributed by atoms with Gasteiger partial charge in [0.05, 0.1) is 24.3 Å².